The quantitative estimate of drug-likeness (QED) is 0.670. The average Bonchev–Trinajstić information content (AvgIpc) is 2.44. The van der Waals surface area contributed by atoms with Crippen LogP contribution >= 0.6 is 0 Å². The second kappa shape index (κ2) is 6.12. The minimum atomic E-state index is -1.04. The molecule has 2 N–H and O–H groups in total. The molecule has 6 nitrogen and oxygen atoms in total. The van der Waals surface area contributed by atoms with Crippen LogP contribution in [0.25, 0.3) is 0 Å². The maximum absolute atomic E-state index is 13.5. The largest absolute Gasteiger partial charge is 0.323 e. The molecule has 0 unspecified atom stereocenters. The van der Waals surface area contributed by atoms with Gasteiger partial charge >= 0.3 is 6.03 Å². The molecule has 2 rings (SSSR count). The number of halogens is 3. The van der Waals surface area contributed by atoms with Crippen molar-refractivity contribution in [3.8, 4) is 0 Å². The number of nitrogens with one attached hydrogen (secondary N) is 2. The van der Waals surface area contributed by atoms with Crippen LogP contribution in [0.1, 0.15) is 0 Å². The number of nitro benzene ring substituents is 1. The number of hydrogen-bond donors (Lipinski definition) is 2. The Labute approximate surface area is 121 Å². The van der Waals surface area contributed by atoms with Crippen LogP contribution in [0.5, 0.6) is 0 Å². The summed E-state index contributed by atoms with van der Waals surface area (Å²) in [7, 11) is 0. The highest BCUT2D eigenvalue weighted by Crippen LogP contribution is 2.22. The predicted octanol–water partition coefficient (Wildman–Crippen LogP) is 3.66. The van der Waals surface area contributed by atoms with Gasteiger partial charge in [-0.25, -0.2) is 18.0 Å². The topological polar surface area (TPSA) is 84.3 Å². The lowest BCUT2D eigenvalue weighted by Crippen LogP contribution is -2.21. The third-order valence-corrected chi connectivity index (χ3v) is 2.59. The first-order valence-electron chi connectivity index (χ1n) is 5.84. The van der Waals surface area contributed by atoms with E-state index in [4.69, 9.17) is 0 Å². The van der Waals surface area contributed by atoms with Crippen molar-refractivity contribution in [1.29, 1.82) is 0 Å². The Bertz CT molecular complexity index is 753. The molecule has 114 valence electrons. The molecule has 9 heteroatoms. The molecule has 0 fully saturated rings. The zero-order valence-corrected chi connectivity index (χ0v) is 10.8. The molecule has 22 heavy (non-hydrogen) atoms. The van der Waals surface area contributed by atoms with E-state index < -0.39 is 39.8 Å². The van der Waals surface area contributed by atoms with Gasteiger partial charge in [0.1, 0.15) is 17.5 Å². The summed E-state index contributed by atoms with van der Waals surface area (Å²) >= 11 is 0. The zero-order valence-electron chi connectivity index (χ0n) is 10.8. The standard InChI is InChI=1S/C13H8F3N3O3/c14-7-1-4-11(10(16)5-7)17-13(20)18-12-6-8(19(21)22)2-3-9(12)15/h1-6H,(H2,17,18,20). The van der Waals surface area contributed by atoms with Crippen molar-refractivity contribution in [2.24, 2.45) is 0 Å². The fourth-order valence-electron chi connectivity index (χ4n) is 1.59. The predicted molar refractivity (Wildman–Crippen MR) is 72.1 cm³/mol. The summed E-state index contributed by atoms with van der Waals surface area (Å²) in [6.45, 7) is 0. The van der Waals surface area contributed by atoms with Gasteiger partial charge in [0.05, 0.1) is 16.3 Å². The van der Waals surface area contributed by atoms with Crippen LogP contribution in [0.4, 0.5) is 35.0 Å². The second-order valence-electron chi connectivity index (χ2n) is 4.12. The van der Waals surface area contributed by atoms with Crippen molar-refractivity contribution in [2.75, 3.05) is 10.6 Å². The van der Waals surface area contributed by atoms with Gasteiger partial charge in [0, 0.05) is 18.2 Å². The molecule has 0 aliphatic heterocycles. The van der Waals surface area contributed by atoms with Gasteiger partial charge in [0.25, 0.3) is 5.69 Å². The van der Waals surface area contributed by atoms with Crippen LogP contribution in [-0.4, -0.2) is 11.0 Å². The minimum Gasteiger partial charge on any atom is -0.305 e. The summed E-state index contributed by atoms with van der Waals surface area (Å²) in [5.74, 6) is -2.75. The molecule has 0 saturated heterocycles. The minimum absolute atomic E-state index is 0.329. The summed E-state index contributed by atoms with van der Waals surface area (Å²) < 4.78 is 39.6. The van der Waals surface area contributed by atoms with E-state index in [1.165, 1.54) is 0 Å². The molecular weight excluding hydrogens is 303 g/mol. The highest BCUT2D eigenvalue weighted by molar-refractivity contribution is 6.00. The van der Waals surface area contributed by atoms with Crippen molar-refractivity contribution in [1.82, 2.24) is 0 Å². The number of benzene rings is 2. The maximum atomic E-state index is 13.5. The molecule has 2 aromatic rings. The lowest BCUT2D eigenvalue weighted by molar-refractivity contribution is -0.384. The average molecular weight is 311 g/mol. The number of urea groups is 1. The van der Waals surface area contributed by atoms with Gasteiger partial charge in [0.2, 0.25) is 0 Å². The summed E-state index contributed by atoms with van der Waals surface area (Å²) in [4.78, 5) is 21.5. The number of carbonyl (C=O) groups is 1. The number of nitrogens with zero attached hydrogens (tertiary/aromatic N) is 1. The molecule has 2 aromatic carbocycles. The molecule has 0 aliphatic carbocycles. The Morgan fingerprint density at radius 1 is 0.955 bits per heavy atom. The summed E-state index contributed by atoms with van der Waals surface area (Å²) in [5, 5.41) is 14.6. The number of nitro groups is 1. The van der Waals surface area contributed by atoms with Gasteiger partial charge in [-0.3, -0.25) is 10.1 Å². The molecule has 0 heterocycles. The van der Waals surface area contributed by atoms with E-state index >= 15 is 0 Å². The first-order chi connectivity index (χ1) is 10.4. The normalized spacial score (nSPS) is 10.1. The van der Waals surface area contributed by atoms with Crippen molar-refractivity contribution in [2.45, 2.75) is 0 Å². The molecule has 0 aliphatic rings. The molecule has 2 amide bonds. The molecule has 0 radical (unpaired) electrons. The summed E-state index contributed by atoms with van der Waals surface area (Å²) in [6, 6.07) is 3.98. The van der Waals surface area contributed by atoms with Gasteiger partial charge in [-0.05, 0) is 18.2 Å². The van der Waals surface area contributed by atoms with Gasteiger partial charge in [0.15, 0.2) is 0 Å². The van der Waals surface area contributed by atoms with E-state index in [9.17, 15) is 28.1 Å². The summed E-state index contributed by atoms with van der Waals surface area (Å²) in [5.41, 5.74) is -1.20. The third-order valence-electron chi connectivity index (χ3n) is 2.59. The third kappa shape index (κ3) is 3.51. The van der Waals surface area contributed by atoms with Crippen molar-refractivity contribution in [3.63, 3.8) is 0 Å². The number of anilines is 2. The molecule has 0 atom stereocenters. The van der Waals surface area contributed by atoms with E-state index in [0.717, 1.165) is 30.3 Å². The number of hydrogen-bond acceptors (Lipinski definition) is 3. The summed E-state index contributed by atoms with van der Waals surface area (Å²) in [6.07, 6.45) is 0. The molecule has 0 spiro atoms. The van der Waals surface area contributed by atoms with E-state index in [-0.39, 0.29) is 5.69 Å². The maximum Gasteiger partial charge on any atom is 0.323 e. The lowest BCUT2D eigenvalue weighted by atomic mass is 10.2. The SMILES string of the molecule is O=C(Nc1ccc(F)cc1F)Nc1cc([N+](=O)[O-])ccc1F. The number of carbonyl (C=O) groups excluding carboxylic acids is 1. The number of non-ortho nitro benzene ring substituents is 1. The van der Waals surface area contributed by atoms with Crippen LogP contribution in [-0.2, 0) is 0 Å². The Kier molecular flexibility index (Phi) is 4.25. The number of amides is 2. The highest BCUT2D eigenvalue weighted by Gasteiger charge is 2.14. The second-order valence-corrected chi connectivity index (χ2v) is 4.12. The van der Waals surface area contributed by atoms with E-state index in [2.05, 4.69) is 0 Å². The first-order valence-corrected chi connectivity index (χ1v) is 5.84. The first kappa shape index (κ1) is 15.3. The fourth-order valence-corrected chi connectivity index (χ4v) is 1.59. The lowest BCUT2D eigenvalue weighted by Gasteiger charge is -2.09. The molecular formula is C13H8F3N3O3. The van der Waals surface area contributed by atoms with Crippen LogP contribution in [0, 0.1) is 27.6 Å². The Balaban J connectivity index is 2.15. The molecule has 0 saturated carbocycles. The van der Waals surface area contributed by atoms with Gasteiger partial charge in [-0.1, -0.05) is 0 Å². The van der Waals surface area contributed by atoms with Crippen LogP contribution in [0.2, 0.25) is 0 Å². The fraction of sp³-hybridized carbons (Fsp3) is 0. The van der Waals surface area contributed by atoms with Crippen molar-refractivity contribution >= 4 is 23.1 Å². The van der Waals surface area contributed by atoms with Crippen LogP contribution in [0.3, 0.4) is 0 Å². The van der Waals surface area contributed by atoms with Gasteiger partial charge < -0.3 is 10.6 Å². The Morgan fingerprint density at radius 3 is 2.27 bits per heavy atom. The Morgan fingerprint density at radius 2 is 1.64 bits per heavy atom. The monoisotopic (exact) mass is 311 g/mol. The molecule has 0 bridgehead atoms. The van der Waals surface area contributed by atoms with E-state index in [0.29, 0.717) is 6.07 Å². The van der Waals surface area contributed by atoms with Gasteiger partial charge in [-0.15, -0.1) is 0 Å². The van der Waals surface area contributed by atoms with E-state index in [1.807, 2.05) is 10.6 Å². The zero-order chi connectivity index (χ0) is 16.3. The number of rotatable bonds is 3. The van der Waals surface area contributed by atoms with Crippen molar-refractivity contribution in [3.05, 3.63) is 64.0 Å². The van der Waals surface area contributed by atoms with E-state index in [1.54, 1.807) is 0 Å². The van der Waals surface area contributed by atoms with Crippen molar-refractivity contribution < 1.29 is 22.9 Å². The van der Waals surface area contributed by atoms with Gasteiger partial charge in [-0.2, -0.15) is 0 Å². The Hall–Kier alpha value is -3.10. The smallest absolute Gasteiger partial charge is 0.305 e. The van der Waals surface area contributed by atoms with Crippen LogP contribution < -0.4 is 10.6 Å². The highest BCUT2D eigenvalue weighted by atomic mass is 19.1. The van der Waals surface area contributed by atoms with Crippen LogP contribution in [0.15, 0.2) is 36.4 Å². The molecule has 0 aromatic heterocycles.